The van der Waals surface area contributed by atoms with E-state index in [-0.39, 0.29) is 18.9 Å². The Morgan fingerprint density at radius 2 is 1.33 bits per heavy atom. The topological polar surface area (TPSA) is 74.6 Å². The Morgan fingerprint density at radius 3 is 1.33 bits per heavy atom. The third-order valence-corrected chi connectivity index (χ3v) is 0.283. The largest absolute Gasteiger partial charge is 1.00 e. The summed E-state index contributed by atoms with van der Waals surface area (Å²) in [5.41, 5.74) is 0. The van der Waals surface area contributed by atoms with Gasteiger partial charge in [0.1, 0.15) is 0 Å². The minimum absolute atomic E-state index is 0. The van der Waals surface area contributed by atoms with Gasteiger partial charge < -0.3 is 6.92 Å². The molecule has 12 heavy (non-hydrogen) atoms. The molecule has 9 heteroatoms. The van der Waals surface area contributed by atoms with Crippen LogP contribution in [0.15, 0.2) is 0 Å². The van der Waals surface area contributed by atoms with Crippen LogP contribution in [0, 0.1) is 6.92 Å². The fourth-order valence-electron chi connectivity index (χ4n) is 0. The molecule has 0 amide bonds. The molecule has 0 unspecified atom stereocenters. The van der Waals surface area contributed by atoms with E-state index < -0.39 is 23.0 Å². The molecule has 0 fully saturated rings. The quantitative estimate of drug-likeness (QED) is 0.274. The van der Waals surface area contributed by atoms with Crippen LogP contribution in [0.25, 0.3) is 0 Å². The average Bonchev–Trinajstić information content (AvgIpc) is 1.59. The van der Waals surface area contributed by atoms with E-state index in [0.29, 0.717) is 0 Å². The zero-order chi connectivity index (χ0) is 9.71. The first-order valence-corrected chi connectivity index (χ1v) is 3.52. The predicted octanol–water partition coefficient (Wildman–Crippen LogP) is -1.88. The van der Waals surface area contributed by atoms with E-state index in [1.54, 1.807) is 0 Å². The second-order valence-corrected chi connectivity index (χ2v) is 2.21. The van der Waals surface area contributed by atoms with Crippen molar-refractivity contribution >= 4 is 10.4 Å². The van der Waals surface area contributed by atoms with Gasteiger partial charge in [-0.2, -0.15) is 21.6 Å². The number of hydrogen-bond acceptors (Lipinski definition) is 2. The Morgan fingerprint density at radius 1 is 1.25 bits per heavy atom. The van der Waals surface area contributed by atoms with Crippen LogP contribution in [0.1, 0.15) is 6.42 Å². The van der Waals surface area contributed by atoms with Gasteiger partial charge in [-0.25, -0.2) is 0 Å². The summed E-state index contributed by atoms with van der Waals surface area (Å²) in [6.07, 6.45) is -5.05. The molecular formula is C3H6F3LiO4S. The van der Waals surface area contributed by atoms with Gasteiger partial charge in [-0.3, -0.25) is 9.11 Å². The maximum absolute atomic E-state index is 10.7. The molecular weight excluding hydrogens is 196 g/mol. The van der Waals surface area contributed by atoms with Crippen LogP contribution < -0.4 is 18.9 Å². The molecule has 0 bridgehead atoms. The van der Waals surface area contributed by atoms with Crippen molar-refractivity contribution in [3.05, 3.63) is 6.92 Å². The molecule has 0 spiro atoms. The maximum atomic E-state index is 10.7. The molecule has 0 aliphatic heterocycles. The molecule has 0 aromatic carbocycles. The van der Waals surface area contributed by atoms with Gasteiger partial charge in [0.2, 0.25) is 0 Å². The van der Waals surface area contributed by atoms with E-state index in [4.69, 9.17) is 17.5 Å². The SMILES string of the molecule is O=S(=O)(O)O.[CH2-]CC(F)(F)F.[Li+]. The molecule has 0 aromatic rings. The molecule has 0 saturated heterocycles. The molecule has 0 aliphatic rings. The van der Waals surface area contributed by atoms with E-state index in [1.807, 2.05) is 0 Å². The van der Waals surface area contributed by atoms with Crippen LogP contribution in [0.5, 0.6) is 0 Å². The first kappa shape index (κ1) is 18.1. The Bertz CT molecular complexity index is 178. The smallest absolute Gasteiger partial charge is 0.335 e. The van der Waals surface area contributed by atoms with Crippen molar-refractivity contribution in [2.24, 2.45) is 0 Å². The molecule has 0 heterocycles. The van der Waals surface area contributed by atoms with Crippen molar-refractivity contribution < 1.29 is 49.6 Å². The maximum Gasteiger partial charge on any atom is 1.00 e. The van der Waals surface area contributed by atoms with E-state index in [9.17, 15) is 13.2 Å². The van der Waals surface area contributed by atoms with Gasteiger partial charge in [0, 0.05) is 0 Å². The van der Waals surface area contributed by atoms with Crippen molar-refractivity contribution in [1.29, 1.82) is 0 Å². The van der Waals surface area contributed by atoms with Gasteiger partial charge in [0.05, 0.1) is 0 Å². The number of hydrogen-bond donors (Lipinski definition) is 2. The van der Waals surface area contributed by atoms with Crippen molar-refractivity contribution in [1.82, 2.24) is 0 Å². The molecule has 0 saturated carbocycles. The van der Waals surface area contributed by atoms with Gasteiger partial charge in [-0.15, -0.1) is 0 Å². The first-order valence-electron chi connectivity index (χ1n) is 2.12. The van der Waals surface area contributed by atoms with Crippen LogP contribution in [0.2, 0.25) is 0 Å². The van der Waals surface area contributed by atoms with Crippen LogP contribution in [-0.4, -0.2) is 23.7 Å². The molecule has 0 aliphatic carbocycles. The third-order valence-electron chi connectivity index (χ3n) is 0.283. The number of halogens is 3. The van der Waals surface area contributed by atoms with Gasteiger partial charge >= 0.3 is 35.4 Å². The molecule has 70 valence electrons. The van der Waals surface area contributed by atoms with Crippen molar-refractivity contribution in [2.75, 3.05) is 0 Å². The van der Waals surface area contributed by atoms with Crippen LogP contribution in [-0.2, 0) is 10.4 Å². The third kappa shape index (κ3) is 82.8. The molecule has 0 aromatic heterocycles. The van der Waals surface area contributed by atoms with Crippen molar-refractivity contribution in [3.63, 3.8) is 0 Å². The van der Waals surface area contributed by atoms with E-state index in [1.165, 1.54) is 0 Å². The summed E-state index contributed by atoms with van der Waals surface area (Å²) < 4.78 is 63.8. The van der Waals surface area contributed by atoms with Crippen molar-refractivity contribution in [2.45, 2.75) is 12.6 Å². The molecule has 2 N–H and O–H groups in total. The Labute approximate surface area is 79.9 Å². The molecule has 4 nitrogen and oxygen atoms in total. The zero-order valence-corrected chi connectivity index (χ0v) is 6.98. The van der Waals surface area contributed by atoms with Gasteiger partial charge in [0.25, 0.3) is 0 Å². The van der Waals surface area contributed by atoms with E-state index in [0.717, 1.165) is 0 Å². The van der Waals surface area contributed by atoms with Crippen LogP contribution in [0.4, 0.5) is 13.2 Å². The second kappa shape index (κ2) is 6.74. The summed E-state index contributed by atoms with van der Waals surface area (Å²) in [5, 5.41) is 0. The Balaban J connectivity index is -0.000000126. The number of rotatable bonds is 0. The molecule has 0 atom stereocenters. The van der Waals surface area contributed by atoms with E-state index >= 15 is 0 Å². The molecule has 0 rings (SSSR count). The molecule has 0 radical (unpaired) electrons. The minimum Gasteiger partial charge on any atom is -0.335 e. The fraction of sp³-hybridized carbons (Fsp3) is 0.667. The fourth-order valence-corrected chi connectivity index (χ4v) is 0. The predicted molar refractivity (Wildman–Crippen MR) is 30.2 cm³/mol. The zero-order valence-electron chi connectivity index (χ0n) is 6.17. The van der Waals surface area contributed by atoms with Gasteiger partial charge in [-0.05, 0) is 0 Å². The van der Waals surface area contributed by atoms with E-state index in [2.05, 4.69) is 6.92 Å². The van der Waals surface area contributed by atoms with Gasteiger partial charge in [-0.1, -0.05) is 6.42 Å². The monoisotopic (exact) mass is 202 g/mol. The standard InChI is InChI=1S/C3H4F3.Li.H2O4S/c1-2-3(4,5)6;;1-5(2,3)4/h1-2H2;;(H2,1,2,3,4)/q-1;+1;. The summed E-state index contributed by atoms with van der Waals surface area (Å²) in [6, 6.07) is 0. The second-order valence-electron chi connectivity index (χ2n) is 1.31. The first-order chi connectivity index (χ1) is 4.56. The van der Waals surface area contributed by atoms with Gasteiger partial charge in [0.15, 0.2) is 0 Å². The summed E-state index contributed by atoms with van der Waals surface area (Å²) in [7, 11) is -4.67. The summed E-state index contributed by atoms with van der Waals surface area (Å²) in [4.78, 5) is 0. The van der Waals surface area contributed by atoms with Crippen LogP contribution in [0.3, 0.4) is 0 Å². The average molecular weight is 202 g/mol. The van der Waals surface area contributed by atoms with Crippen LogP contribution >= 0.6 is 0 Å². The van der Waals surface area contributed by atoms with Crippen molar-refractivity contribution in [3.8, 4) is 0 Å². The summed E-state index contributed by atoms with van der Waals surface area (Å²) >= 11 is 0. The minimum atomic E-state index is -4.67. The Hall–Kier alpha value is 0.257. The summed E-state index contributed by atoms with van der Waals surface area (Å²) in [5.74, 6) is 0. The number of alkyl halides is 3. The summed E-state index contributed by atoms with van der Waals surface area (Å²) in [6.45, 7) is 2.63. The normalized spacial score (nSPS) is 10.8. The Kier molecular flexibility index (Phi) is 10.2.